The predicted molar refractivity (Wildman–Crippen MR) is 136 cm³/mol. The summed E-state index contributed by atoms with van der Waals surface area (Å²) in [6.45, 7) is 5.64. The molecule has 38 heavy (non-hydrogen) atoms. The Kier molecular flexibility index (Phi) is 9.60. The highest BCUT2D eigenvalue weighted by Gasteiger charge is 2.35. The van der Waals surface area contributed by atoms with E-state index < -0.39 is 27.9 Å². The van der Waals surface area contributed by atoms with Crippen LogP contribution in [0.15, 0.2) is 42.6 Å². The lowest BCUT2D eigenvalue weighted by molar-refractivity contribution is -0.106. The summed E-state index contributed by atoms with van der Waals surface area (Å²) < 4.78 is 75.7. The van der Waals surface area contributed by atoms with E-state index in [1.54, 1.807) is 20.4 Å². The van der Waals surface area contributed by atoms with Crippen LogP contribution in [0.2, 0.25) is 0 Å². The summed E-state index contributed by atoms with van der Waals surface area (Å²) in [7, 11) is -1.58. The average Bonchev–Trinajstić information content (AvgIpc) is 2.83. The zero-order valence-corrected chi connectivity index (χ0v) is 22.6. The van der Waals surface area contributed by atoms with E-state index >= 15 is 0 Å². The van der Waals surface area contributed by atoms with Gasteiger partial charge in [0.15, 0.2) is 5.75 Å². The van der Waals surface area contributed by atoms with Crippen molar-refractivity contribution in [3.63, 3.8) is 0 Å². The van der Waals surface area contributed by atoms with Crippen LogP contribution in [0.25, 0.3) is 0 Å². The molecule has 3 rings (SSSR count). The van der Waals surface area contributed by atoms with Gasteiger partial charge in [-0.15, -0.1) is 0 Å². The van der Waals surface area contributed by atoms with Gasteiger partial charge in [0.25, 0.3) is 5.91 Å². The predicted octanol–water partition coefficient (Wildman–Crippen LogP) is 3.39. The highest BCUT2D eigenvalue weighted by molar-refractivity contribution is 7.92. The number of rotatable bonds is 6. The van der Waals surface area contributed by atoms with Crippen molar-refractivity contribution in [1.82, 2.24) is 14.8 Å². The molecule has 1 amide bonds. The second-order valence-corrected chi connectivity index (χ2v) is 11.3. The van der Waals surface area contributed by atoms with Crippen LogP contribution < -0.4 is 9.46 Å². The summed E-state index contributed by atoms with van der Waals surface area (Å²) in [6.07, 6.45) is -3.50. The molecule has 0 saturated carbocycles. The minimum absolute atomic E-state index is 0.0146. The van der Waals surface area contributed by atoms with E-state index in [-0.39, 0.29) is 48.2 Å². The SMILES string of the molecule is CO[C@@H]1CN(C)C(=O)c2cc(NS(=O)(=O)CC(F)(F)F)ccc2OC[C@H](C)N(Cc2ccccn2)C[C@H]1C. The van der Waals surface area contributed by atoms with Gasteiger partial charge in [0, 0.05) is 51.7 Å². The Labute approximate surface area is 221 Å². The number of carbonyl (C=O) groups is 1. The van der Waals surface area contributed by atoms with Crippen molar-refractivity contribution in [3.8, 4) is 5.75 Å². The van der Waals surface area contributed by atoms with Crippen LogP contribution in [0, 0.1) is 5.92 Å². The molecule has 1 aromatic carbocycles. The molecule has 1 aromatic heterocycles. The highest BCUT2D eigenvalue weighted by atomic mass is 32.2. The van der Waals surface area contributed by atoms with Gasteiger partial charge in [0.05, 0.1) is 17.4 Å². The Morgan fingerprint density at radius 2 is 1.92 bits per heavy atom. The first-order chi connectivity index (χ1) is 17.8. The number of halogens is 3. The van der Waals surface area contributed by atoms with Crippen LogP contribution in [0.3, 0.4) is 0 Å². The summed E-state index contributed by atoms with van der Waals surface area (Å²) in [4.78, 5) is 21.4. The fourth-order valence-electron chi connectivity index (χ4n) is 4.27. The largest absolute Gasteiger partial charge is 0.491 e. The van der Waals surface area contributed by atoms with Gasteiger partial charge >= 0.3 is 6.18 Å². The van der Waals surface area contributed by atoms with E-state index in [0.29, 0.717) is 13.1 Å². The number of benzene rings is 1. The molecule has 1 aliphatic heterocycles. The molecule has 0 unspecified atom stereocenters. The third-order valence-corrected chi connectivity index (χ3v) is 7.55. The Bertz CT molecular complexity index is 1200. The normalized spacial score (nSPS) is 22.1. The highest BCUT2D eigenvalue weighted by Crippen LogP contribution is 2.28. The molecule has 13 heteroatoms. The molecule has 1 N–H and O–H groups in total. The number of methoxy groups -OCH3 is 1. The summed E-state index contributed by atoms with van der Waals surface area (Å²) >= 11 is 0. The number of hydrogen-bond acceptors (Lipinski definition) is 7. The van der Waals surface area contributed by atoms with Crippen molar-refractivity contribution in [2.75, 3.05) is 44.3 Å². The number of pyridine rings is 1. The first kappa shape index (κ1) is 29.7. The molecule has 0 radical (unpaired) electrons. The minimum Gasteiger partial charge on any atom is -0.491 e. The summed E-state index contributed by atoms with van der Waals surface area (Å²) in [5.41, 5.74) is 0.731. The molecule has 0 aliphatic carbocycles. The lowest BCUT2D eigenvalue weighted by atomic mass is 10.0. The lowest BCUT2D eigenvalue weighted by Gasteiger charge is -2.35. The molecule has 1 aliphatic rings. The summed E-state index contributed by atoms with van der Waals surface area (Å²) in [5.74, 6) is -2.32. The second kappa shape index (κ2) is 12.3. The molecule has 0 fully saturated rings. The summed E-state index contributed by atoms with van der Waals surface area (Å²) in [5, 5.41) is 0. The Morgan fingerprint density at radius 1 is 1.18 bits per heavy atom. The quantitative estimate of drug-likeness (QED) is 0.580. The van der Waals surface area contributed by atoms with E-state index in [2.05, 4.69) is 9.88 Å². The molecule has 3 atom stereocenters. The molecule has 0 bridgehead atoms. The molecule has 0 spiro atoms. The molecule has 2 aromatic rings. The standard InChI is InChI=1S/C25H33F3N4O5S/c1-17-12-32(13-20-7-5-6-10-29-20)18(2)15-37-22-9-8-19(30-38(34,35)16-25(26,27)28)11-21(22)24(33)31(3)14-23(17)36-4/h5-11,17-18,23,30H,12-16H2,1-4H3/t17-,18+,23-/m1/s1. The topological polar surface area (TPSA) is 101 Å². The fourth-order valence-corrected chi connectivity index (χ4v) is 5.26. The fraction of sp³-hybridized carbons (Fsp3) is 0.520. The van der Waals surface area contributed by atoms with Gasteiger partial charge in [-0.2, -0.15) is 13.2 Å². The van der Waals surface area contributed by atoms with E-state index in [4.69, 9.17) is 9.47 Å². The van der Waals surface area contributed by atoms with Crippen LogP contribution in [-0.2, 0) is 21.3 Å². The number of likely N-dealkylation sites (N-methyl/N-ethyl adjacent to an activating group) is 1. The zero-order chi connectivity index (χ0) is 28.1. The Morgan fingerprint density at radius 3 is 2.55 bits per heavy atom. The number of carbonyl (C=O) groups excluding carboxylic acids is 1. The maximum Gasteiger partial charge on any atom is 0.404 e. The van der Waals surface area contributed by atoms with Crippen molar-refractivity contribution in [2.45, 2.75) is 38.7 Å². The number of ether oxygens (including phenoxy) is 2. The molecular formula is C25H33F3N4O5S. The Balaban J connectivity index is 1.94. The summed E-state index contributed by atoms with van der Waals surface area (Å²) in [6, 6.07) is 9.42. The zero-order valence-electron chi connectivity index (χ0n) is 21.7. The van der Waals surface area contributed by atoms with Gasteiger partial charge in [-0.05, 0) is 43.2 Å². The van der Waals surface area contributed by atoms with E-state index in [1.807, 2.05) is 36.8 Å². The number of alkyl halides is 3. The number of nitrogens with zero attached hydrogens (tertiary/aromatic N) is 3. The van der Waals surface area contributed by atoms with Crippen molar-refractivity contribution >= 4 is 21.6 Å². The smallest absolute Gasteiger partial charge is 0.404 e. The third-order valence-electron chi connectivity index (χ3n) is 6.29. The monoisotopic (exact) mass is 558 g/mol. The number of nitrogens with one attached hydrogen (secondary N) is 1. The van der Waals surface area contributed by atoms with Gasteiger partial charge in [-0.25, -0.2) is 8.42 Å². The van der Waals surface area contributed by atoms with Crippen LogP contribution in [0.5, 0.6) is 5.75 Å². The van der Waals surface area contributed by atoms with E-state index in [1.165, 1.54) is 23.1 Å². The van der Waals surface area contributed by atoms with Crippen LogP contribution in [0.4, 0.5) is 18.9 Å². The number of anilines is 1. The van der Waals surface area contributed by atoms with Crippen LogP contribution in [-0.4, -0.2) is 87.0 Å². The van der Waals surface area contributed by atoms with E-state index in [9.17, 15) is 26.4 Å². The third kappa shape index (κ3) is 8.30. The maximum atomic E-state index is 13.4. The van der Waals surface area contributed by atoms with Gasteiger partial charge in [0.1, 0.15) is 12.4 Å². The minimum atomic E-state index is -4.91. The number of fused-ring (bicyclic) bond motifs is 1. The second-order valence-electron chi connectivity index (χ2n) is 9.53. The van der Waals surface area contributed by atoms with Crippen molar-refractivity contribution in [1.29, 1.82) is 0 Å². The van der Waals surface area contributed by atoms with Crippen molar-refractivity contribution in [2.24, 2.45) is 5.92 Å². The molecular weight excluding hydrogens is 525 g/mol. The average molecular weight is 559 g/mol. The maximum absolute atomic E-state index is 13.4. The van der Waals surface area contributed by atoms with Gasteiger partial charge < -0.3 is 14.4 Å². The number of sulfonamides is 1. The van der Waals surface area contributed by atoms with E-state index in [0.717, 1.165) is 5.69 Å². The van der Waals surface area contributed by atoms with Crippen molar-refractivity contribution in [3.05, 3.63) is 53.9 Å². The van der Waals surface area contributed by atoms with Crippen molar-refractivity contribution < 1.29 is 35.9 Å². The van der Waals surface area contributed by atoms with Crippen LogP contribution >= 0.6 is 0 Å². The van der Waals surface area contributed by atoms with Gasteiger partial charge in [0.2, 0.25) is 10.0 Å². The molecule has 9 nitrogen and oxygen atoms in total. The Hall–Kier alpha value is -2.90. The van der Waals surface area contributed by atoms with Gasteiger partial charge in [-0.1, -0.05) is 13.0 Å². The molecule has 2 heterocycles. The lowest BCUT2D eigenvalue weighted by Crippen LogP contribution is -2.46. The van der Waals surface area contributed by atoms with Crippen LogP contribution in [0.1, 0.15) is 29.9 Å². The number of amides is 1. The van der Waals surface area contributed by atoms with Gasteiger partial charge in [-0.3, -0.25) is 19.4 Å². The first-order valence-electron chi connectivity index (χ1n) is 12.0. The number of aromatic nitrogens is 1. The number of hydrogen-bond donors (Lipinski definition) is 1. The molecule has 210 valence electrons. The molecule has 0 saturated heterocycles. The first-order valence-corrected chi connectivity index (χ1v) is 13.7.